The van der Waals surface area contributed by atoms with Crippen molar-refractivity contribution in [3.8, 4) is 6.07 Å². The van der Waals surface area contributed by atoms with E-state index in [2.05, 4.69) is 50.3 Å². The lowest BCUT2D eigenvalue weighted by molar-refractivity contribution is 0.211. The Morgan fingerprint density at radius 2 is 2.15 bits per heavy atom. The van der Waals surface area contributed by atoms with Crippen molar-refractivity contribution >= 4 is 16.7 Å². The van der Waals surface area contributed by atoms with Gasteiger partial charge in [-0.3, -0.25) is 4.90 Å². The minimum absolute atomic E-state index is 0.465. The van der Waals surface area contributed by atoms with Crippen LogP contribution in [0.15, 0.2) is 36.8 Å². The van der Waals surface area contributed by atoms with Crippen LogP contribution in [0.25, 0.3) is 10.9 Å². The Morgan fingerprint density at radius 1 is 1.31 bits per heavy atom. The van der Waals surface area contributed by atoms with Crippen LogP contribution in [0.3, 0.4) is 0 Å². The van der Waals surface area contributed by atoms with Gasteiger partial charge in [0.1, 0.15) is 23.9 Å². The van der Waals surface area contributed by atoms with Crippen LogP contribution in [0.1, 0.15) is 29.7 Å². The number of likely N-dealkylation sites (tertiary alicyclic amines) is 1. The molecule has 0 amide bonds. The summed E-state index contributed by atoms with van der Waals surface area (Å²) in [5, 5.41) is 13.7. The molecule has 0 radical (unpaired) electrons. The van der Waals surface area contributed by atoms with Crippen LogP contribution in [0, 0.1) is 18.3 Å². The van der Waals surface area contributed by atoms with Gasteiger partial charge in [-0.05, 0) is 49.1 Å². The van der Waals surface area contributed by atoms with E-state index in [0.717, 1.165) is 49.2 Å². The summed E-state index contributed by atoms with van der Waals surface area (Å²) in [6.07, 6.45) is 5.55. The van der Waals surface area contributed by atoms with Gasteiger partial charge in [0, 0.05) is 42.8 Å². The number of anilines is 1. The van der Waals surface area contributed by atoms with Gasteiger partial charge in [-0.2, -0.15) is 5.26 Å². The molecule has 4 rings (SSSR count). The molecule has 0 unspecified atom stereocenters. The van der Waals surface area contributed by atoms with Gasteiger partial charge in [0.25, 0.3) is 0 Å². The molecule has 0 saturated carbocycles. The third-order valence-corrected chi connectivity index (χ3v) is 5.22. The van der Waals surface area contributed by atoms with Crippen LogP contribution >= 0.6 is 0 Å². The summed E-state index contributed by atoms with van der Waals surface area (Å²) in [7, 11) is 0. The lowest BCUT2D eigenvalue weighted by Gasteiger charge is -2.33. The number of aryl methyl sites for hydroxylation is 1. The highest BCUT2D eigenvalue weighted by atomic mass is 15.1. The van der Waals surface area contributed by atoms with Crippen LogP contribution in [-0.4, -0.2) is 39.0 Å². The SMILES string of the molecule is Cc1c(CN2CCC(Nc3ccncn3)CC2)ccc2[nH]c(C#N)cc12. The molecule has 3 heterocycles. The van der Waals surface area contributed by atoms with Gasteiger partial charge in [-0.25, -0.2) is 9.97 Å². The maximum Gasteiger partial charge on any atom is 0.129 e. The van der Waals surface area contributed by atoms with Crippen molar-refractivity contribution in [2.45, 2.75) is 32.4 Å². The van der Waals surface area contributed by atoms with Crippen LogP contribution in [0.2, 0.25) is 0 Å². The number of nitrogens with one attached hydrogen (secondary N) is 2. The van der Waals surface area contributed by atoms with Gasteiger partial charge in [-0.15, -0.1) is 0 Å². The van der Waals surface area contributed by atoms with Gasteiger partial charge >= 0.3 is 0 Å². The van der Waals surface area contributed by atoms with E-state index in [-0.39, 0.29) is 0 Å². The van der Waals surface area contributed by atoms with Gasteiger partial charge in [0.2, 0.25) is 0 Å². The Balaban J connectivity index is 1.39. The molecule has 1 aliphatic heterocycles. The molecule has 0 bridgehead atoms. The number of nitriles is 1. The van der Waals surface area contributed by atoms with Crippen molar-refractivity contribution < 1.29 is 0 Å². The van der Waals surface area contributed by atoms with E-state index in [9.17, 15) is 0 Å². The highest BCUT2D eigenvalue weighted by molar-refractivity contribution is 5.85. The second kappa shape index (κ2) is 7.14. The quantitative estimate of drug-likeness (QED) is 0.758. The first-order valence-corrected chi connectivity index (χ1v) is 8.99. The minimum atomic E-state index is 0.465. The summed E-state index contributed by atoms with van der Waals surface area (Å²) in [5.41, 5.74) is 4.26. The van der Waals surface area contributed by atoms with E-state index in [0.29, 0.717) is 11.7 Å². The monoisotopic (exact) mass is 346 g/mol. The Labute approximate surface area is 152 Å². The first kappa shape index (κ1) is 16.6. The fourth-order valence-corrected chi connectivity index (χ4v) is 3.69. The van der Waals surface area contributed by atoms with E-state index in [1.807, 2.05) is 12.1 Å². The predicted molar refractivity (Wildman–Crippen MR) is 102 cm³/mol. The van der Waals surface area contributed by atoms with E-state index < -0.39 is 0 Å². The molecule has 0 spiro atoms. The van der Waals surface area contributed by atoms with Crippen molar-refractivity contribution in [1.82, 2.24) is 19.9 Å². The first-order valence-electron chi connectivity index (χ1n) is 8.99. The molecule has 2 N–H and O–H groups in total. The van der Waals surface area contributed by atoms with Crippen LogP contribution in [0.4, 0.5) is 5.82 Å². The number of piperidine rings is 1. The van der Waals surface area contributed by atoms with Crippen molar-refractivity contribution in [3.05, 3.63) is 53.6 Å². The number of fused-ring (bicyclic) bond motifs is 1. The number of hydrogen-bond donors (Lipinski definition) is 2. The molecular weight excluding hydrogens is 324 g/mol. The van der Waals surface area contributed by atoms with Crippen molar-refractivity contribution in [2.24, 2.45) is 0 Å². The first-order chi connectivity index (χ1) is 12.7. The molecule has 1 fully saturated rings. The summed E-state index contributed by atoms with van der Waals surface area (Å²) >= 11 is 0. The van der Waals surface area contributed by atoms with Crippen molar-refractivity contribution in [2.75, 3.05) is 18.4 Å². The molecule has 0 aliphatic carbocycles. The zero-order valence-corrected chi connectivity index (χ0v) is 14.9. The Kier molecular flexibility index (Phi) is 4.55. The number of hydrogen-bond acceptors (Lipinski definition) is 5. The Bertz CT molecular complexity index is 932. The zero-order valence-electron chi connectivity index (χ0n) is 14.9. The fourth-order valence-electron chi connectivity index (χ4n) is 3.69. The summed E-state index contributed by atoms with van der Waals surface area (Å²) in [6.45, 7) is 5.23. The number of H-pyrrole nitrogens is 1. The van der Waals surface area contributed by atoms with E-state index in [1.54, 1.807) is 12.5 Å². The van der Waals surface area contributed by atoms with Gasteiger partial charge in [0.05, 0.1) is 0 Å². The lowest BCUT2D eigenvalue weighted by Crippen LogP contribution is -2.38. The van der Waals surface area contributed by atoms with Crippen LogP contribution in [-0.2, 0) is 6.54 Å². The third-order valence-electron chi connectivity index (χ3n) is 5.22. The smallest absolute Gasteiger partial charge is 0.129 e. The average Bonchev–Trinajstić information content (AvgIpc) is 3.11. The van der Waals surface area contributed by atoms with Gasteiger partial charge in [0.15, 0.2) is 0 Å². The summed E-state index contributed by atoms with van der Waals surface area (Å²) in [4.78, 5) is 13.9. The molecule has 3 aromatic rings. The average molecular weight is 346 g/mol. The second-order valence-corrected chi connectivity index (χ2v) is 6.90. The molecule has 1 aromatic carbocycles. The van der Waals surface area contributed by atoms with Gasteiger partial charge in [-0.1, -0.05) is 6.07 Å². The van der Waals surface area contributed by atoms with E-state index in [4.69, 9.17) is 5.26 Å². The molecule has 132 valence electrons. The standard InChI is InChI=1S/C20H22N6/c1-14-15(2-3-19-18(14)10-17(11-21)24-19)12-26-8-5-16(6-9-26)25-20-4-7-22-13-23-20/h2-4,7,10,13,16,24H,5-6,8-9,12H2,1H3,(H,22,23,25). The zero-order chi connectivity index (χ0) is 17.9. The number of benzene rings is 1. The van der Waals surface area contributed by atoms with Crippen LogP contribution in [0.5, 0.6) is 0 Å². The molecule has 6 nitrogen and oxygen atoms in total. The molecule has 26 heavy (non-hydrogen) atoms. The highest BCUT2D eigenvalue weighted by Gasteiger charge is 2.20. The molecular formula is C20H22N6. The Hall–Kier alpha value is -2.91. The van der Waals surface area contributed by atoms with Crippen molar-refractivity contribution in [1.29, 1.82) is 5.26 Å². The maximum absolute atomic E-state index is 9.09. The van der Waals surface area contributed by atoms with Crippen molar-refractivity contribution in [3.63, 3.8) is 0 Å². The summed E-state index contributed by atoms with van der Waals surface area (Å²) < 4.78 is 0. The lowest BCUT2D eigenvalue weighted by atomic mass is 10.0. The number of nitrogens with zero attached hydrogens (tertiary/aromatic N) is 4. The molecule has 6 heteroatoms. The number of aromatic amines is 1. The molecule has 2 aromatic heterocycles. The maximum atomic E-state index is 9.09. The highest BCUT2D eigenvalue weighted by Crippen LogP contribution is 2.25. The van der Waals surface area contributed by atoms with Gasteiger partial charge < -0.3 is 10.3 Å². The summed E-state index contributed by atoms with van der Waals surface area (Å²) in [5.74, 6) is 0.903. The van der Waals surface area contributed by atoms with E-state index in [1.165, 1.54) is 11.1 Å². The summed E-state index contributed by atoms with van der Waals surface area (Å²) in [6, 6.07) is 10.8. The minimum Gasteiger partial charge on any atom is -0.367 e. The molecule has 0 atom stereocenters. The van der Waals surface area contributed by atoms with E-state index >= 15 is 0 Å². The molecule has 1 saturated heterocycles. The topological polar surface area (TPSA) is 80.6 Å². The van der Waals surface area contributed by atoms with Crippen LogP contribution < -0.4 is 5.32 Å². The molecule has 1 aliphatic rings. The normalized spacial score (nSPS) is 15.8. The second-order valence-electron chi connectivity index (χ2n) is 6.90. The number of aromatic nitrogens is 3. The number of rotatable bonds is 4. The predicted octanol–water partition coefficient (Wildman–Crippen LogP) is 3.21. The largest absolute Gasteiger partial charge is 0.367 e. The fraction of sp³-hybridized carbons (Fsp3) is 0.350. The third kappa shape index (κ3) is 3.39. The Morgan fingerprint density at radius 3 is 2.88 bits per heavy atom.